The third kappa shape index (κ3) is 4.74. The Morgan fingerprint density at radius 1 is 0.969 bits per heavy atom. The molecule has 1 amide bonds. The number of amides is 1. The summed E-state index contributed by atoms with van der Waals surface area (Å²) in [7, 11) is 0. The molecule has 2 aromatic carbocycles. The molecule has 5 nitrogen and oxygen atoms in total. The largest absolute Gasteiger partial charge is 0.367 e. The van der Waals surface area contributed by atoms with Gasteiger partial charge in [0.05, 0.1) is 17.8 Å². The minimum absolute atomic E-state index is 0.0822. The molecule has 2 heterocycles. The highest BCUT2D eigenvalue weighted by molar-refractivity contribution is 7.16. The average Bonchev–Trinajstić information content (AvgIpc) is 3.07. The second-order valence-corrected chi connectivity index (χ2v) is 9.17. The number of nitrogens with one attached hydrogen (secondary N) is 1. The molecule has 1 saturated heterocycles. The summed E-state index contributed by atoms with van der Waals surface area (Å²) in [5.41, 5.74) is 2.67. The van der Waals surface area contributed by atoms with Crippen LogP contribution < -0.4 is 10.2 Å². The fourth-order valence-electron chi connectivity index (χ4n) is 3.95. The average molecular weight is 452 g/mol. The van der Waals surface area contributed by atoms with Crippen LogP contribution in [0.1, 0.15) is 26.4 Å². The molecule has 32 heavy (non-hydrogen) atoms. The number of para-hydroxylation sites is 1. The first-order valence-corrected chi connectivity index (χ1v) is 11.5. The van der Waals surface area contributed by atoms with E-state index in [2.05, 4.69) is 10.2 Å². The number of anilines is 2. The van der Waals surface area contributed by atoms with Crippen LogP contribution in [-0.2, 0) is 4.79 Å². The van der Waals surface area contributed by atoms with Gasteiger partial charge in [-0.1, -0.05) is 42.5 Å². The van der Waals surface area contributed by atoms with E-state index in [4.69, 9.17) is 0 Å². The lowest BCUT2D eigenvalue weighted by atomic mass is 10.0. The highest BCUT2D eigenvalue weighted by atomic mass is 32.1. The molecule has 0 aliphatic carbocycles. The molecule has 0 atom stereocenters. The predicted molar refractivity (Wildman–Crippen MR) is 127 cm³/mol. The van der Waals surface area contributed by atoms with E-state index in [1.807, 2.05) is 43.0 Å². The van der Waals surface area contributed by atoms with E-state index < -0.39 is 0 Å². The molecule has 1 aliphatic heterocycles. The summed E-state index contributed by atoms with van der Waals surface area (Å²) in [6.45, 7) is 6.76. The maximum Gasteiger partial charge on any atom is 0.239 e. The first-order valence-electron chi connectivity index (χ1n) is 10.7. The topological polar surface area (TPSA) is 52.7 Å². The molecule has 0 radical (unpaired) electrons. The SMILES string of the molecule is Cc1sc(NC(=O)CN2CCN(c3ccccc3F)CC2)c(C(=O)c2ccccc2)c1C. The number of rotatable bonds is 6. The van der Waals surface area contributed by atoms with Crippen molar-refractivity contribution >= 4 is 33.7 Å². The molecule has 0 saturated carbocycles. The van der Waals surface area contributed by atoms with E-state index in [9.17, 15) is 14.0 Å². The van der Waals surface area contributed by atoms with Gasteiger partial charge in [0.25, 0.3) is 0 Å². The summed E-state index contributed by atoms with van der Waals surface area (Å²) in [4.78, 5) is 30.9. The number of carbonyl (C=O) groups excluding carboxylic acids is 2. The molecule has 166 valence electrons. The number of carbonyl (C=O) groups is 2. The fraction of sp³-hybridized carbons (Fsp3) is 0.280. The van der Waals surface area contributed by atoms with Gasteiger partial charge in [-0.25, -0.2) is 4.39 Å². The second-order valence-electron chi connectivity index (χ2n) is 7.95. The minimum atomic E-state index is -0.224. The number of thiophene rings is 1. The summed E-state index contributed by atoms with van der Waals surface area (Å²) in [5, 5.41) is 3.57. The van der Waals surface area contributed by atoms with Gasteiger partial charge < -0.3 is 10.2 Å². The summed E-state index contributed by atoms with van der Waals surface area (Å²) in [6, 6.07) is 15.9. The predicted octanol–water partition coefficient (Wildman–Crippen LogP) is 4.50. The van der Waals surface area contributed by atoms with Crippen molar-refractivity contribution in [1.82, 2.24) is 4.90 Å². The lowest BCUT2D eigenvalue weighted by Crippen LogP contribution is -2.48. The first kappa shape index (κ1) is 22.2. The van der Waals surface area contributed by atoms with Crippen molar-refractivity contribution in [3.63, 3.8) is 0 Å². The Labute approximate surface area is 191 Å². The molecule has 4 rings (SSSR count). The third-order valence-corrected chi connectivity index (χ3v) is 6.96. The molecule has 0 bridgehead atoms. The van der Waals surface area contributed by atoms with E-state index in [1.165, 1.54) is 17.4 Å². The molecular weight excluding hydrogens is 425 g/mol. The Bertz CT molecular complexity index is 1120. The fourth-order valence-corrected chi connectivity index (χ4v) is 5.02. The van der Waals surface area contributed by atoms with Crippen LogP contribution in [-0.4, -0.2) is 49.3 Å². The van der Waals surface area contributed by atoms with Gasteiger partial charge in [-0.05, 0) is 31.5 Å². The molecule has 7 heteroatoms. The van der Waals surface area contributed by atoms with Crippen molar-refractivity contribution in [2.45, 2.75) is 13.8 Å². The van der Waals surface area contributed by atoms with Crippen molar-refractivity contribution in [3.8, 4) is 0 Å². The van der Waals surface area contributed by atoms with Crippen molar-refractivity contribution in [2.24, 2.45) is 0 Å². The lowest BCUT2D eigenvalue weighted by Gasteiger charge is -2.35. The Morgan fingerprint density at radius 2 is 1.62 bits per heavy atom. The molecule has 0 spiro atoms. The zero-order valence-electron chi connectivity index (χ0n) is 18.2. The van der Waals surface area contributed by atoms with Gasteiger partial charge in [0.1, 0.15) is 10.8 Å². The van der Waals surface area contributed by atoms with Gasteiger partial charge in [0, 0.05) is 36.6 Å². The number of halogens is 1. The van der Waals surface area contributed by atoms with E-state index in [0.29, 0.717) is 48.0 Å². The molecule has 1 aromatic heterocycles. The normalized spacial score (nSPS) is 14.4. The summed E-state index contributed by atoms with van der Waals surface area (Å²) in [6.07, 6.45) is 0. The first-order chi connectivity index (χ1) is 15.4. The van der Waals surface area contributed by atoms with Crippen LogP contribution >= 0.6 is 11.3 Å². The van der Waals surface area contributed by atoms with Gasteiger partial charge in [-0.3, -0.25) is 14.5 Å². The zero-order chi connectivity index (χ0) is 22.7. The summed E-state index contributed by atoms with van der Waals surface area (Å²) in [5.74, 6) is -0.452. The molecule has 1 fully saturated rings. The molecule has 1 aliphatic rings. The zero-order valence-corrected chi connectivity index (χ0v) is 19.0. The number of nitrogens with zero attached hydrogens (tertiary/aromatic N) is 2. The number of benzene rings is 2. The Hall–Kier alpha value is -3.03. The monoisotopic (exact) mass is 451 g/mol. The maximum atomic E-state index is 14.0. The highest BCUT2D eigenvalue weighted by Crippen LogP contribution is 2.34. The number of ketones is 1. The van der Waals surface area contributed by atoms with Crippen molar-refractivity contribution in [2.75, 3.05) is 42.9 Å². The Morgan fingerprint density at radius 3 is 2.31 bits per heavy atom. The van der Waals surface area contributed by atoms with Crippen molar-refractivity contribution in [3.05, 3.63) is 82.0 Å². The maximum absolute atomic E-state index is 14.0. The van der Waals surface area contributed by atoms with Crippen molar-refractivity contribution < 1.29 is 14.0 Å². The number of hydrogen-bond donors (Lipinski definition) is 1. The van der Waals surface area contributed by atoms with Crippen LogP contribution in [0, 0.1) is 19.7 Å². The smallest absolute Gasteiger partial charge is 0.239 e. The van der Waals surface area contributed by atoms with E-state index in [1.54, 1.807) is 24.3 Å². The minimum Gasteiger partial charge on any atom is -0.367 e. The quantitative estimate of drug-likeness (QED) is 0.561. The van der Waals surface area contributed by atoms with Crippen LogP contribution in [0.5, 0.6) is 0 Å². The summed E-state index contributed by atoms with van der Waals surface area (Å²) >= 11 is 1.43. The second kappa shape index (κ2) is 9.63. The van der Waals surface area contributed by atoms with Crippen LogP contribution in [0.15, 0.2) is 54.6 Å². The molecule has 3 aromatic rings. The van der Waals surface area contributed by atoms with Crippen LogP contribution in [0.2, 0.25) is 0 Å². The van der Waals surface area contributed by atoms with Gasteiger partial charge in [-0.2, -0.15) is 0 Å². The van der Waals surface area contributed by atoms with Gasteiger partial charge in [0.2, 0.25) is 5.91 Å². The number of piperazine rings is 1. The van der Waals surface area contributed by atoms with Crippen LogP contribution in [0.25, 0.3) is 0 Å². The standard InChI is InChI=1S/C25H26FN3O2S/c1-17-18(2)32-25(23(17)24(31)19-8-4-3-5-9-19)27-22(30)16-28-12-14-29(15-13-28)21-11-7-6-10-20(21)26/h3-11H,12-16H2,1-2H3,(H,27,30). The molecular formula is C25H26FN3O2S. The molecule has 1 N–H and O–H groups in total. The summed E-state index contributed by atoms with van der Waals surface area (Å²) < 4.78 is 14.0. The van der Waals surface area contributed by atoms with Crippen LogP contribution in [0.3, 0.4) is 0 Å². The lowest BCUT2D eigenvalue weighted by molar-refractivity contribution is -0.117. The van der Waals surface area contributed by atoms with E-state index in [0.717, 1.165) is 10.4 Å². The van der Waals surface area contributed by atoms with Crippen molar-refractivity contribution in [1.29, 1.82) is 0 Å². The van der Waals surface area contributed by atoms with E-state index >= 15 is 0 Å². The van der Waals surface area contributed by atoms with Crippen LogP contribution in [0.4, 0.5) is 15.1 Å². The van der Waals surface area contributed by atoms with E-state index in [-0.39, 0.29) is 24.1 Å². The van der Waals surface area contributed by atoms with Gasteiger partial charge in [-0.15, -0.1) is 11.3 Å². The molecule has 0 unspecified atom stereocenters. The Kier molecular flexibility index (Phi) is 6.67. The van der Waals surface area contributed by atoms with Gasteiger partial charge in [0.15, 0.2) is 5.78 Å². The highest BCUT2D eigenvalue weighted by Gasteiger charge is 2.24. The van der Waals surface area contributed by atoms with Gasteiger partial charge >= 0.3 is 0 Å². The number of aryl methyl sites for hydroxylation is 1. The third-order valence-electron chi connectivity index (χ3n) is 5.83. The number of hydrogen-bond acceptors (Lipinski definition) is 5. The Balaban J connectivity index is 1.40.